The van der Waals surface area contributed by atoms with Crippen molar-refractivity contribution >= 4 is 34.5 Å². The quantitative estimate of drug-likeness (QED) is 0.854. The van der Waals surface area contributed by atoms with E-state index < -0.39 is 11.9 Å². The third kappa shape index (κ3) is 4.10. The standard InChI is InChI=1S/C13H11Cl2F3N2S/c1-19-6-10-12(13(16,17)18)20-11(21-10)5-7-2-3-8(14)9(15)4-7/h2-4,19H,5-6H2,1H3. The van der Waals surface area contributed by atoms with Gasteiger partial charge in [0.25, 0.3) is 0 Å². The van der Waals surface area contributed by atoms with Crippen molar-refractivity contribution in [3.05, 3.63) is 49.4 Å². The Morgan fingerprint density at radius 1 is 1.24 bits per heavy atom. The maximum absolute atomic E-state index is 12.9. The van der Waals surface area contributed by atoms with Crippen LogP contribution in [0, 0.1) is 0 Å². The Balaban J connectivity index is 2.30. The average molecular weight is 355 g/mol. The molecule has 0 aliphatic heterocycles. The number of hydrogen-bond acceptors (Lipinski definition) is 3. The van der Waals surface area contributed by atoms with Gasteiger partial charge in [-0.05, 0) is 24.7 Å². The minimum absolute atomic E-state index is 0.133. The summed E-state index contributed by atoms with van der Waals surface area (Å²) in [6.07, 6.45) is -4.16. The van der Waals surface area contributed by atoms with Gasteiger partial charge in [-0.25, -0.2) is 4.98 Å². The molecule has 0 amide bonds. The van der Waals surface area contributed by atoms with Crippen molar-refractivity contribution in [1.29, 1.82) is 0 Å². The fourth-order valence-corrected chi connectivity index (χ4v) is 3.26. The number of aromatic nitrogens is 1. The number of thiazole rings is 1. The number of benzene rings is 1. The Kier molecular flexibility index (Phi) is 5.14. The lowest BCUT2D eigenvalue weighted by atomic mass is 10.1. The number of nitrogens with zero attached hydrogens (tertiary/aromatic N) is 1. The Hall–Kier alpha value is -0.820. The molecule has 0 bridgehead atoms. The first-order valence-electron chi connectivity index (χ1n) is 5.95. The molecule has 1 aromatic carbocycles. The lowest BCUT2D eigenvalue weighted by molar-refractivity contribution is -0.141. The number of nitrogens with one attached hydrogen (secondary N) is 1. The molecule has 0 saturated carbocycles. The molecule has 0 aliphatic rings. The van der Waals surface area contributed by atoms with Crippen LogP contribution in [-0.4, -0.2) is 12.0 Å². The van der Waals surface area contributed by atoms with Crippen molar-refractivity contribution in [3.8, 4) is 0 Å². The highest BCUT2D eigenvalue weighted by atomic mass is 35.5. The van der Waals surface area contributed by atoms with Crippen LogP contribution in [0.5, 0.6) is 0 Å². The van der Waals surface area contributed by atoms with Gasteiger partial charge in [0.2, 0.25) is 0 Å². The normalized spacial score (nSPS) is 11.9. The summed E-state index contributed by atoms with van der Waals surface area (Å²) in [7, 11) is 1.60. The summed E-state index contributed by atoms with van der Waals surface area (Å²) in [5, 5.41) is 3.90. The topological polar surface area (TPSA) is 24.9 Å². The van der Waals surface area contributed by atoms with E-state index in [1.165, 1.54) is 0 Å². The van der Waals surface area contributed by atoms with Crippen molar-refractivity contribution in [2.75, 3.05) is 7.05 Å². The van der Waals surface area contributed by atoms with Gasteiger partial charge in [-0.3, -0.25) is 0 Å². The van der Waals surface area contributed by atoms with Crippen LogP contribution in [0.3, 0.4) is 0 Å². The lowest BCUT2D eigenvalue weighted by Gasteiger charge is -2.04. The minimum Gasteiger partial charge on any atom is -0.315 e. The fourth-order valence-electron chi connectivity index (χ4n) is 1.80. The Morgan fingerprint density at radius 3 is 2.52 bits per heavy atom. The summed E-state index contributed by atoms with van der Waals surface area (Å²) >= 11 is 12.8. The first-order valence-corrected chi connectivity index (χ1v) is 7.53. The van der Waals surface area contributed by atoms with Crippen LogP contribution >= 0.6 is 34.5 Å². The first kappa shape index (κ1) is 16.5. The molecule has 0 saturated heterocycles. The monoisotopic (exact) mass is 354 g/mol. The van der Waals surface area contributed by atoms with Crippen molar-refractivity contribution in [2.24, 2.45) is 0 Å². The largest absolute Gasteiger partial charge is 0.434 e. The van der Waals surface area contributed by atoms with Crippen LogP contribution < -0.4 is 5.32 Å². The van der Waals surface area contributed by atoms with Gasteiger partial charge in [0.05, 0.1) is 19.9 Å². The predicted molar refractivity (Wildman–Crippen MR) is 79.1 cm³/mol. The van der Waals surface area contributed by atoms with Gasteiger partial charge < -0.3 is 5.32 Å². The predicted octanol–water partition coefficient (Wildman–Crippen LogP) is 4.78. The number of rotatable bonds is 4. The second kappa shape index (κ2) is 6.52. The van der Waals surface area contributed by atoms with Gasteiger partial charge in [-0.1, -0.05) is 29.3 Å². The van der Waals surface area contributed by atoms with Crippen LogP contribution in [0.15, 0.2) is 18.2 Å². The zero-order valence-electron chi connectivity index (χ0n) is 10.9. The van der Waals surface area contributed by atoms with E-state index in [1.807, 2.05) is 0 Å². The second-order valence-corrected chi connectivity index (χ2v) is 6.32. The zero-order chi connectivity index (χ0) is 15.6. The second-order valence-electron chi connectivity index (χ2n) is 4.33. The molecule has 8 heteroatoms. The average Bonchev–Trinajstić information content (AvgIpc) is 2.77. The highest BCUT2D eigenvalue weighted by Crippen LogP contribution is 2.35. The molecular weight excluding hydrogens is 344 g/mol. The SMILES string of the molecule is CNCc1sc(Cc2ccc(Cl)c(Cl)c2)nc1C(F)(F)F. The smallest absolute Gasteiger partial charge is 0.315 e. The van der Waals surface area contributed by atoms with Crippen molar-refractivity contribution in [3.63, 3.8) is 0 Å². The molecule has 0 atom stereocenters. The van der Waals surface area contributed by atoms with E-state index >= 15 is 0 Å². The van der Waals surface area contributed by atoms with Gasteiger partial charge in [0.1, 0.15) is 0 Å². The van der Waals surface area contributed by atoms with E-state index in [1.54, 1.807) is 25.2 Å². The van der Waals surface area contributed by atoms with E-state index in [9.17, 15) is 13.2 Å². The fraction of sp³-hybridized carbons (Fsp3) is 0.308. The van der Waals surface area contributed by atoms with Crippen LogP contribution in [0.25, 0.3) is 0 Å². The molecule has 2 nitrogen and oxygen atoms in total. The molecule has 1 heterocycles. The van der Waals surface area contributed by atoms with Crippen molar-refractivity contribution in [1.82, 2.24) is 10.3 Å². The molecule has 0 fully saturated rings. The Labute approximate surface area is 133 Å². The van der Waals surface area contributed by atoms with Crippen LogP contribution in [-0.2, 0) is 19.1 Å². The Morgan fingerprint density at radius 2 is 1.95 bits per heavy atom. The summed E-state index contributed by atoms with van der Waals surface area (Å²) in [5.41, 5.74) is -0.0557. The number of alkyl halides is 3. The Bertz CT molecular complexity index is 641. The number of halogens is 5. The third-order valence-corrected chi connectivity index (χ3v) is 4.48. The van der Waals surface area contributed by atoms with E-state index in [0.717, 1.165) is 16.9 Å². The van der Waals surface area contributed by atoms with Crippen LogP contribution in [0.4, 0.5) is 13.2 Å². The summed E-state index contributed by atoms with van der Waals surface area (Å²) in [4.78, 5) is 3.91. The summed E-state index contributed by atoms with van der Waals surface area (Å²) < 4.78 is 38.8. The minimum atomic E-state index is -4.45. The van der Waals surface area contributed by atoms with Gasteiger partial charge in [0.15, 0.2) is 5.69 Å². The highest BCUT2D eigenvalue weighted by Gasteiger charge is 2.37. The zero-order valence-corrected chi connectivity index (χ0v) is 13.2. The molecule has 0 aliphatic carbocycles. The van der Waals surface area contributed by atoms with Crippen LogP contribution in [0.1, 0.15) is 21.1 Å². The third-order valence-electron chi connectivity index (χ3n) is 2.69. The molecule has 1 N–H and O–H groups in total. The molecule has 0 radical (unpaired) electrons. The van der Waals surface area contributed by atoms with E-state index in [4.69, 9.17) is 23.2 Å². The molecule has 2 rings (SSSR count). The maximum atomic E-state index is 12.9. The molecule has 1 aromatic heterocycles. The van der Waals surface area contributed by atoms with Crippen molar-refractivity contribution < 1.29 is 13.2 Å². The maximum Gasteiger partial charge on any atom is 0.434 e. The first-order chi connectivity index (χ1) is 9.81. The molecule has 0 unspecified atom stereocenters. The van der Waals surface area contributed by atoms with Crippen LogP contribution in [0.2, 0.25) is 10.0 Å². The molecule has 2 aromatic rings. The van der Waals surface area contributed by atoms with E-state index in [-0.39, 0.29) is 17.8 Å². The van der Waals surface area contributed by atoms with Gasteiger partial charge in [0, 0.05) is 13.0 Å². The molecule has 21 heavy (non-hydrogen) atoms. The van der Waals surface area contributed by atoms with E-state index in [0.29, 0.717) is 15.1 Å². The van der Waals surface area contributed by atoms with Gasteiger partial charge >= 0.3 is 6.18 Å². The summed E-state index contributed by atoms with van der Waals surface area (Å²) in [5.74, 6) is 0. The van der Waals surface area contributed by atoms with Crippen molar-refractivity contribution in [2.45, 2.75) is 19.1 Å². The van der Waals surface area contributed by atoms with Gasteiger partial charge in [-0.2, -0.15) is 13.2 Å². The van der Waals surface area contributed by atoms with Gasteiger partial charge in [-0.15, -0.1) is 11.3 Å². The highest BCUT2D eigenvalue weighted by molar-refractivity contribution is 7.11. The number of hydrogen-bond donors (Lipinski definition) is 1. The molecule has 0 spiro atoms. The molecular formula is C13H11Cl2F3N2S. The van der Waals surface area contributed by atoms with E-state index in [2.05, 4.69) is 10.3 Å². The summed E-state index contributed by atoms with van der Waals surface area (Å²) in [6, 6.07) is 4.98. The molecule has 114 valence electrons. The summed E-state index contributed by atoms with van der Waals surface area (Å²) in [6.45, 7) is 0.133. The lowest BCUT2D eigenvalue weighted by Crippen LogP contribution is -2.12.